The Hall–Kier alpha value is -4.16. The minimum absolute atomic E-state index is 0.256. The summed E-state index contributed by atoms with van der Waals surface area (Å²) in [4.78, 5) is 45.9. The first kappa shape index (κ1) is 19.2. The molecule has 0 amide bonds. The molecule has 2 heterocycles. The van der Waals surface area contributed by atoms with E-state index in [1.54, 1.807) is 36.4 Å². The van der Waals surface area contributed by atoms with Crippen molar-refractivity contribution in [3.8, 4) is 23.7 Å². The average Bonchev–Trinajstić information content (AvgIpc) is 3.18. The number of hydrogen-bond donors (Lipinski definition) is 0. The number of carbonyl (C=O) groups is 4. The molecule has 4 rings (SSSR count). The highest BCUT2D eigenvalue weighted by molar-refractivity contribution is 6.15. The molecule has 0 spiro atoms. The van der Waals surface area contributed by atoms with Crippen molar-refractivity contribution in [1.82, 2.24) is 0 Å². The molecule has 6 nitrogen and oxygen atoms in total. The zero-order valence-corrected chi connectivity index (χ0v) is 15.7. The van der Waals surface area contributed by atoms with E-state index in [9.17, 15) is 19.2 Å². The van der Waals surface area contributed by atoms with E-state index in [-0.39, 0.29) is 22.3 Å². The van der Waals surface area contributed by atoms with Crippen LogP contribution >= 0.6 is 0 Å². The van der Waals surface area contributed by atoms with Gasteiger partial charge < -0.3 is 9.47 Å². The standard InChI is InChI=1S/C24H14O6/c25-21-17-11-9-15(13-19(17)23(27)29-21)7-5-3-1-2-4-6-8-16-10-12-18-20(14-16)24(28)30-22(18)26/h9-14H,1-4H2. The van der Waals surface area contributed by atoms with Gasteiger partial charge in [-0.05, 0) is 49.2 Å². The van der Waals surface area contributed by atoms with Gasteiger partial charge in [-0.2, -0.15) is 0 Å². The molecule has 2 aromatic carbocycles. The SMILES string of the molecule is O=C1OC(=O)c2cc(C#CCCCCC#Cc3ccc4c(c3)C(=O)OC4=O)ccc21. The number of rotatable bonds is 3. The second-order valence-corrected chi connectivity index (χ2v) is 6.69. The normalized spacial score (nSPS) is 13.5. The van der Waals surface area contributed by atoms with Crippen molar-refractivity contribution in [3.63, 3.8) is 0 Å². The van der Waals surface area contributed by atoms with Crippen molar-refractivity contribution in [2.75, 3.05) is 0 Å². The summed E-state index contributed by atoms with van der Waals surface area (Å²) >= 11 is 0. The lowest BCUT2D eigenvalue weighted by molar-refractivity contribution is 0.0425. The molecule has 0 saturated carbocycles. The number of ether oxygens (including phenoxy) is 2. The molecular weight excluding hydrogens is 384 g/mol. The Morgan fingerprint density at radius 1 is 0.567 bits per heavy atom. The van der Waals surface area contributed by atoms with Crippen LogP contribution in [-0.2, 0) is 9.47 Å². The number of esters is 4. The van der Waals surface area contributed by atoms with E-state index in [0.717, 1.165) is 12.8 Å². The molecule has 0 radical (unpaired) electrons. The van der Waals surface area contributed by atoms with Gasteiger partial charge in [-0.3, -0.25) is 0 Å². The lowest BCUT2D eigenvalue weighted by Crippen LogP contribution is -1.96. The molecule has 0 aliphatic carbocycles. The first-order chi connectivity index (χ1) is 14.5. The van der Waals surface area contributed by atoms with Gasteiger partial charge in [-0.15, -0.1) is 0 Å². The number of cyclic esters (lactones) is 4. The monoisotopic (exact) mass is 398 g/mol. The average molecular weight is 398 g/mol. The van der Waals surface area contributed by atoms with Crippen LogP contribution in [0.15, 0.2) is 36.4 Å². The van der Waals surface area contributed by atoms with Crippen LogP contribution in [0.25, 0.3) is 0 Å². The van der Waals surface area contributed by atoms with Crippen molar-refractivity contribution < 1.29 is 28.7 Å². The Labute approximate surface area is 172 Å². The van der Waals surface area contributed by atoms with Crippen molar-refractivity contribution in [1.29, 1.82) is 0 Å². The Bertz CT molecular complexity index is 1130. The summed E-state index contributed by atoms with van der Waals surface area (Å²) in [6.45, 7) is 0. The highest BCUT2D eigenvalue weighted by Gasteiger charge is 2.30. The molecule has 146 valence electrons. The van der Waals surface area contributed by atoms with Crippen LogP contribution in [-0.4, -0.2) is 23.9 Å². The predicted molar refractivity (Wildman–Crippen MR) is 105 cm³/mol. The van der Waals surface area contributed by atoms with E-state index in [1.165, 1.54) is 0 Å². The van der Waals surface area contributed by atoms with Gasteiger partial charge in [0, 0.05) is 24.0 Å². The van der Waals surface area contributed by atoms with Gasteiger partial charge in [0.1, 0.15) is 0 Å². The first-order valence-electron chi connectivity index (χ1n) is 9.32. The number of unbranched alkanes of at least 4 members (excludes halogenated alkanes) is 3. The molecule has 0 saturated heterocycles. The van der Waals surface area contributed by atoms with Gasteiger partial charge in [0.05, 0.1) is 22.3 Å². The van der Waals surface area contributed by atoms with E-state index in [2.05, 4.69) is 33.2 Å². The minimum Gasteiger partial charge on any atom is -0.386 e. The van der Waals surface area contributed by atoms with E-state index < -0.39 is 23.9 Å². The Morgan fingerprint density at radius 3 is 1.40 bits per heavy atom. The van der Waals surface area contributed by atoms with Crippen LogP contribution in [0.4, 0.5) is 0 Å². The summed E-state index contributed by atoms with van der Waals surface area (Å²) < 4.78 is 9.11. The molecule has 2 aliphatic heterocycles. The molecule has 0 aromatic heterocycles. The molecule has 0 fully saturated rings. The topological polar surface area (TPSA) is 86.7 Å². The van der Waals surface area contributed by atoms with Crippen LogP contribution in [0, 0.1) is 23.7 Å². The van der Waals surface area contributed by atoms with E-state index in [0.29, 0.717) is 24.0 Å². The minimum atomic E-state index is -0.635. The Balaban J connectivity index is 1.25. The highest BCUT2D eigenvalue weighted by Crippen LogP contribution is 2.21. The van der Waals surface area contributed by atoms with Gasteiger partial charge in [0.2, 0.25) is 0 Å². The summed E-state index contributed by atoms with van der Waals surface area (Å²) in [5.41, 5.74) is 2.38. The number of carbonyl (C=O) groups excluding carboxylic acids is 4. The van der Waals surface area contributed by atoms with Crippen LogP contribution in [0.1, 0.15) is 78.2 Å². The quantitative estimate of drug-likeness (QED) is 0.341. The van der Waals surface area contributed by atoms with Crippen LogP contribution in [0.3, 0.4) is 0 Å². The van der Waals surface area contributed by atoms with Gasteiger partial charge in [0.25, 0.3) is 0 Å². The fourth-order valence-electron chi connectivity index (χ4n) is 3.08. The molecule has 0 bridgehead atoms. The maximum Gasteiger partial charge on any atom is 0.346 e. The maximum absolute atomic E-state index is 11.6. The molecule has 2 aromatic rings. The Kier molecular flexibility index (Phi) is 5.15. The first-order valence-corrected chi connectivity index (χ1v) is 9.32. The second-order valence-electron chi connectivity index (χ2n) is 6.69. The van der Waals surface area contributed by atoms with Crippen molar-refractivity contribution in [2.45, 2.75) is 25.7 Å². The van der Waals surface area contributed by atoms with E-state index in [1.807, 2.05) is 0 Å². The lowest BCUT2D eigenvalue weighted by atomic mass is 10.1. The molecule has 6 heteroatoms. The van der Waals surface area contributed by atoms with Crippen LogP contribution < -0.4 is 0 Å². The largest absolute Gasteiger partial charge is 0.386 e. The zero-order valence-electron chi connectivity index (χ0n) is 15.7. The zero-order chi connectivity index (χ0) is 21.1. The third-order valence-electron chi connectivity index (χ3n) is 4.61. The second kappa shape index (κ2) is 8.06. The number of benzene rings is 2. The molecule has 30 heavy (non-hydrogen) atoms. The molecule has 2 aliphatic rings. The molecular formula is C24H14O6. The number of hydrogen-bond acceptors (Lipinski definition) is 6. The fourth-order valence-corrected chi connectivity index (χ4v) is 3.08. The molecule has 0 N–H and O–H groups in total. The highest BCUT2D eigenvalue weighted by atomic mass is 16.6. The van der Waals surface area contributed by atoms with Crippen LogP contribution in [0.2, 0.25) is 0 Å². The van der Waals surface area contributed by atoms with Gasteiger partial charge in [-0.1, -0.05) is 23.7 Å². The van der Waals surface area contributed by atoms with Gasteiger partial charge >= 0.3 is 23.9 Å². The number of fused-ring (bicyclic) bond motifs is 2. The molecule has 0 atom stereocenters. The van der Waals surface area contributed by atoms with Crippen molar-refractivity contribution in [3.05, 3.63) is 69.8 Å². The lowest BCUT2D eigenvalue weighted by Gasteiger charge is -1.94. The van der Waals surface area contributed by atoms with E-state index in [4.69, 9.17) is 0 Å². The summed E-state index contributed by atoms with van der Waals surface area (Å²) in [5.74, 6) is 9.54. The van der Waals surface area contributed by atoms with Gasteiger partial charge in [-0.25, -0.2) is 19.2 Å². The third kappa shape index (κ3) is 3.85. The summed E-state index contributed by atoms with van der Waals surface area (Å²) in [7, 11) is 0. The van der Waals surface area contributed by atoms with E-state index >= 15 is 0 Å². The maximum atomic E-state index is 11.6. The summed E-state index contributed by atoms with van der Waals surface area (Å²) in [6, 6.07) is 9.63. The van der Waals surface area contributed by atoms with Crippen molar-refractivity contribution >= 4 is 23.9 Å². The summed E-state index contributed by atoms with van der Waals surface area (Å²) in [6.07, 6.45) is 3.07. The third-order valence-corrected chi connectivity index (χ3v) is 4.61. The fraction of sp³-hybridized carbons (Fsp3) is 0.167. The predicted octanol–water partition coefficient (Wildman–Crippen LogP) is 3.27. The van der Waals surface area contributed by atoms with Gasteiger partial charge in [0.15, 0.2) is 0 Å². The van der Waals surface area contributed by atoms with Crippen LogP contribution in [0.5, 0.6) is 0 Å². The summed E-state index contributed by atoms with van der Waals surface area (Å²) in [5, 5.41) is 0. The molecule has 0 unspecified atom stereocenters. The van der Waals surface area contributed by atoms with Crippen molar-refractivity contribution in [2.24, 2.45) is 0 Å². The smallest absolute Gasteiger partial charge is 0.346 e. The Morgan fingerprint density at radius 2 is 0.967 bits per heavy atom.